The number of rotatable bonds is 4. The molecular weight excluding hydrogens is 318 g/mol. The second-order valence-corrected chi connectivity index (χ2v) is 5.47. The summed E-state index contributed by atoms with van der Waals surface area (Å²) in [6.45, 7) is 0. The molecule has 1 aliphatic rings. The van der Waals surface area contributed by atoms with E-state index in [1.165, 1.54) is 6.26 Å². The average Bonchev–Trinajstić information content (AvgIpc) is 3.01. The fourth-order valence-electron chi connectivity index (χ4n) is 2.28. The molecule has 6 nitrogen and oxygen atoms in total. The first-order valence-electron chi connectivity index (χ1n) is 7.12. The summed E-state index contributed by atoms with van der Waals surface area (Å²) in [5, 5.41) is 5.50. The van der Waals surface area contributed by atoms with Gasteiger partial charge in [-0.25, -0.2) is 0 Å². The van der Waals surface area contributed by atoms with Gasteiger partial charge in [0.25, 0.3) is 5.91 Å². The Kier molecular flexibility index (Phi) is 5.08. The van der Waals surface area contributed by atoms with E-state index in [0.29, 0.717) is 11.4 Å². The zero-order valence-electron chi connectivity index (χ0n) is 12.4. The molecule has 23 heavy (non-hydrogen) atoms. The molecule has 1 saturated carbocycles. The summed E-state index contributed by atoms with van der Waals surface area (Å²) < 4.78 is 5.02. The van der Waals surface area contributed by atoms with Crippen LogP contribution in [-0.2, 0) is 4.79 Å². The lowest BCUT2D eigenvalue weighted by atomic mass is 9.77. The van der Waals surface area contributed by atoms with Crippen molar-refractivity contribution < 1.29 is 14.0 Å². The lowest BCUT2D eigenvalue weighted by molar-refractivity contribution is -0.123. The van der Waals surface area contributed by atoms with Crippen LogP contribution in [0.1, 0.15) is 29.8 Å². The highest BCUT2D eigenvalue weighted by Crippen LogP contribution is 2.30. The summed E-state index contributed by atoms with van der Waals surface area (Å²) in [6.07, 6.45) is 3.87. The summed E-state index contributed by atoms with van der Waals surface area (Å²) >= 11 is 0. The van der Waals surface area contributed by atoms with Gasteiger partial charge in [-0.3, -0.25) is 9.59 Å². The van der Waals surface area contributed by atoms with Gasteiger partial charge >= 0.3 is 0 Å². The van der Waals surface area contributed by atoms with Crippen molar-refractivity contribution in [3.63, 3.8) is 0 Å². The average molecular weight is 336 g/mol. The van der Waals surface area contributed by atoms with Crippen LogP contribution in [0.3, 0.4) is 0 Å². The molecule has 1 aromatic carbocycles. The normalized spacial score (nSPS) is 15.0. The van der Waals surface area contributed by atoms with Crippen molar-refractivity contribution >= 4 is 35.6 Å². The molecule has 0 bridgehead atoms. The fraction of sp³-hybridized carbons (Fsp3) is 0.250. The van der Waals surface area contributed by atoms with E-state index in [-0.39, 0.29) is 30.0 Å². The first-order chi connectivity index (χ1) is 10.6. The summed E-state index contributed by atoms with van der Waals surface area (Å²) in [5.74, 6) is -0.240. The van der Waals surface area contributed by atoms with E-state index in [1.807, 2.05) is 0 Å². The van der Waals surface area contributed by atoms with E-state index in [1.54, 1.807) is 36.4 Å². The SMILES string of the molecule is Cl.NC1(C(=O)Nc2ccc(NC(=O)c3ccco3)cc2)CCC1. The molecule has 3 rings (SSSR count). The maximum atomic E-state index is 12.0. The van der Waals surface area contributed by atoms with Crippen LogP contribution in [0.5, 0.6) is 0 Å². The van der Waals surface area contributed by atoms with E-state index in [0.717, 1.165) is 19.3 Å². The second kappa shape index (κ2) is 6.85. The minimum absolute atomic E-state index is 0. The number of amides is 2. The summed E-state index contributed by atoms with van der Waals surface area (Å²) in [7, 11) is 0. The van der Waals surface area contributed by atoms with E-state index < -0.39 is 5.54 Å². The first-order valence-corrected chi connectivity index (χ1v) is 7.12. The van der Waals surface area contributed by atoms with Crippen molar-refractivity contribution in [3.05, 3.63) is 48.4 Å². The fourth-order valence-corrected chi connectivity index (χ4v) is 2.28. The molecule has 4 N–H and O–H groups in total. The Morgan fingerprint density at radius 2 is 1.65 bits per heavy atom. The third-order valence-corrected chi connectivity index (χ3v) is 3.84. The molecule has 122 valence electrons. The van der Waals surface area contributed by atoms with Crippen LogP contribution in [0.2, 0.25) is 0 Å². The number of carbonyl (C=O) groups is 2. The van der Waals surface area contributed by atoms with Gasteiger partial charge in [-0.05, 0) is 55.7 Å². The van der Waals surface area contributed by atoms with Gasteiger partial charge in [0, 0.05) is 11.4 Å². The van der Waals surface area contributed by atoms with Crippen LogP contribution < -0.4 is 16.4 Å². The Hall–Kier alpha value is -2.31. The van der Waals surface area contributed by atoms with Crippen molar-refractivity contribution in [1.29, 1.82) is 0 Å². The number of furan rings is 1. The molecule has 0 spiro atoms. The number of carbonyl (C=O) groups excluding carboxylic acids is 2. The number of hydrogen-bond acceptors (Lipinski definition) is 4. The molecule has 2 amide bonds. The largest absolute Gasteiger partial charge is 0.459 e. The topological polar surface area (TPSA) is 97.4 Å². The minimum atomic E-state index is -0.730. The van der Waals surface area contributed by atoms with Crippen molar-refractivity contribution in [2.24, 2.45) is 5.73 Å². The van der Waals surface area contributed by atoms with E-state index >= 15 is 0 Å². The monoisotopic (exact) mass is 335 g/mol. The quantitative estimate of drug-likeness (QED) is 0.800. The van der Waals surface area contributed by atoms with Gasteiger partial charge in [0.2, 0.25) is 5.91 Å². The highest BCUT2D eigenvalue weighted by molar-refractivity contribution is 6.02. The number of hydrogen-bond donors (Lipinski definition) is 3. The van der Waals surface area contributed by atoms with Crippen LogP contribution in [0, 0.1) is 0 Å². The van der Waals surface area contributed by atoms with Crippen LogP contribution in [0.15, 0.2) is 47.1 Å². The van der Waals surface area contributed by atoms with Gasteiger partial charge in [-0.2, -0.15) is 0 Å². The molecule has 0 atom stereocenters. The lowest BCUT2D eigenvalue weighted by Gasteiger charge is -2.36. The Labute approximate surface area is 139 Å². The molecule has 7 heteroatoms. The van der Waals surface area contributed by atoms with Crippen LogP contribution in [0.4, 0.5) is 11.4 Å². The number of anilines is 2. The van der Waals surface area contributed by atoms with Crippen molar-refractivity contribution in [3.8, 4) is 0 Å². The minimum Gasteiger partial charge on any atom is -0.459 e. The number of benzene rings is 1. The predicted octanol–water partition coefficient (Wildman–Crippen LogP) is 2.77. The molecular formula is C16H18ClN3O3. The number of nitrogens with two attached hydrogens (primary N) is 1. The van der Waals surface area contributed by atoms with Crippen molar-refractivity contribution in [1.82, 2.24) is 0 Å². The predicted molar refractivity (Wildman–Crippen MR) is 89.8 cm³/mol. The summed E-state index contributed by atoms with van der Waals surface area (Å²) in [4.78, 5) is 23.8. The van der Waals surface area contributed by atoms with Crippen LogP contribution in [-0.4, -0.2) is 17.4 Å². The molecule has 2 aromatic rings. The third-order valence-electron chi connectivity index (χ3n) is 3.84. The van der Waals surface area contributed by atoms with E-state index in [2.05, 4.69) is 10.6 Å². The van der Waals surface area contributed by atoms with Crippen molar-refractivity contribution in [2.45, 2.75) is 24.8 Å². The maximum Gasteiger partial charge on any atom is 0.291 e. The molecule has 1 aromatic heterocycles. The summed E-state index contributed by atoms with van der Waals surface area (Å²) in [5.41, 5.74) is 6.50. The van der Waals surface area contributed by atoms with E-state index in [4.69, 9.17) is 10.2 Å². The van der Waals surface area contributed by atoms with Gasteiger partial charge in [0.05, 0.1) is 11.8 Å². The Bertz CT molecular complexity index is 679. The highest BCUT2D eigenvalue weighted by atomic mass is 35.5. The van der Waals surface area contributed by atoms with Gasteiger partial charge in [-0.15, -0.1) is 12.4 Å². The van der Waals surface area contributed by atoms with Gasteiger partial charge < -0.3 is 20.8 Å². The molecule has 0 radical (unpaired) electrons. The molecule has 0 aliphatic heterocycles. The van der Waals surface area contributed by atoms with Gasteiger partial charge in [0.1, 0.15) is 0 Å². The van der Waals surface area contributed by atoms with Crippen molar-refractivity contribution in [2.75, 3.05) is 10.6 Å². The second-order valence-electron chi connectivity index (χ2n) is 5.47. The zero-order valence-corrected chi connectivity index (χ0v) is 13.2. The number of nitrogens with one attached hydrogen (secondary N) is 2. The van der Waals surface area contributed by atoms with Gasteiger partial charge in [0.15, 0.2) is 5.76 Å². The Morgan fingerprint density at radius 1 is 1.04 bits per heavy atom. The molecule has 1 heterocycles. The third kappa shape index (κ3) is 3.72. The van der Waals surface area contributed by atoms with Crippen LogP contribution >= 0.6 is 12.4 Å². The first kappa shape index (κ1) is 17.1. The van der Waals surface area contributed by atoms with E-state index in [9.17, 15) is 9.59 Å². The Balaban J connectivity index is 0.00000192. The highest BCUT2D eigenvalue weighted by Gasteiger charge is 2.40. The lowest BCUT2D eigenvalue weighted by Crippen LogP contribution is -2.56. The molecule has 0 unspecified atom stereocenters. The molecule has 1 fully saturated rings. The molecule has 0 saturated heterocycles. The molecule has 1 aliphatic carbocycles. The van der Waals surface area contributed by atoms with Crippen LogP contribution in [0.25, 0.3) is 0 Å². The Morgan fingerprint density at radius 3 is 2.13 bits per heavy atom. The number of halogens is 1. The summed E-state index contributed by atoms with van der Waals surface area (Å²) in [6, 6.07) is 10.1. The smallest absolute Gasteiger partial charge is 0.291 e. The standard InChI is InChI=1S/C16H17N3O3.ClH/c17-16(8-2-9-16)15(21)19-12-6-4-11(5-7-12)18-14(20)13-3-1-10-22-13;/h1,3-7,10H,2,8-9,17H2,(H,18,20)(H,19,21);1H. The zero-order chi connectivity index (χ0) is 15.6. The maximum absolute atomic E-state index is 12.0. The van der Waals surface area contributed by atoms with Gasteiger partial charge in [-0.1, -0.05) is 0 Å².